The molecule has 2 rings (SSSR count). The first kappa shape index (κ1) is 13.6. The van der Waals surface area contributed by atoms with Gasteiger partial charge in [-0.2, -0.15) is 0 Å². The number of nitrogens with one attached hydrogen (secondary N) is 1. The van der Waals surface area contributed by atoms with Gasteiger partial charge in [-0.1, -0.05) is 6.92 Å². The number of hydrogen-bond acceptors (Lipinski definition) is 4. The Kier molecular flexibility index (Phi) is 5.28. The van der Waals surface area contributed by atoms with Crippen LogP contribution in [0, 0.1) is 0 Å². The normalized spacial score (nSPS) is 12.6. The van der Waals surface area contributed by atoms with Crippen LogP contribution in [-0.4, -0.2) is 16.5 Å². The second-order valence-electron chi connectivity index (χ2n) is 4.07. The summed E-state index contributed by atoms with van der Waals surface area (Å²) in [6.45, 7) is 3.18. The second kappa shape index (κ2) is 6.97. The maximum absolute atomic E-state index is 4.36. The van der Waals surface area contributed by atoms with Gasteiger partial charge in [0.2, 0.25) is 0 Å². The van der Waals surface area contributed by atoms with E-state index in [2.05, 4.69) is 44.2 Å². The third kappa shape index (κ3) is 3.86. The zero-order valence-corrected chi connectivity index (χ0v) is 12.7. The maximum atomic E-state index is 4.36. The third-order valence-corrected chi connectivity index (χ3v) is 3.87. The van der Waals surface area contributed by atoms with E-state index < -0.39 is 0 Å². The van der Waals surface area contributed by atoms with E-state index in [1.807, 2.05) is 24.0 Å². The molecular formula is C13H16BrN3S. The summed E-state index contributed by atoms with van der Waals surface area (Å²) < 4.78 is 1.02. The zero-order valence-electron chi connectivity index (χ0n) is 10.3. The Morgan fingerprint density at radius 2 is 2.33 bits per heavy atom. The van der Waals surface area contributed by atoms with Gasteiger partial charge in [0, 0.05) is 40.9 Å². The SMILES string of the molecule is CCCNC(Cc1nccs1)c1cncc(Br)c1. The number of thiazole rings is 1. The van der Waals surface area contributed by atoms with Crippen molar-refractivity contribution in [2.75, 3.05) is 6.54 Å². The van der Waals surface area contributed by atoms with Gasteiger partial charge in [-0.15, -0.1) is 11.3 Å². The van der Waals surface area contributed by atoms with E-state index in [1.54, 1.807) is 11.3 Å². The van der Waals surface area contributed by atoms with Crippen molar-refractivity contribution in [3.8, 4) is 0 Å². The molecule has 1 N–H and O–H groups in total. The molecule has 0 saturated heterocycles. The van der Waals surface area contributed by atoms with Gasteiger partial charge in [0.05, 0.1) is 5.01 Å². The fourth-order valence-electron chi connectivity index (χ4n) is 1.77. The van der Waals surface area contributed by atoms with Crippen molar-refractivity contribution < 1.29 is 0 Å². The predicted molar refractivity (Wildman–Crippen MR) is 78.8 cm³/mol. The van der Waals surface area contributed by atoms with Crippen LogP contribution in [0.1, 0.15) is 30.0 Å². The highest BCUT2D eigenvalue weighted by atomic mass is 79.9. The predicted octanol–water partition coefficient (Wildman–Crippen LogP) is 3.58. The molecule has 0 saturated carbocycles. The summed E-state index contributed by atoms with van der Waals surface area (Å²) in [6.07, 6.45) is 7.62. The van der Waals surface area contributed by atoms with Crippen molar-refractivity contribution in [3.63, 3.8) is 0 Å². The molecule has 0 fully saturated rings. The first-order chi connectivity index (χ1) is 8.79. The van der Waals surface area contributed by atoms with Gasteiger partial charge in [0.1, 0.15) is 0 Å². The largest absolute Gasteiger partial charge is 0.310 e. The van der Waals surface area contributed by atoms with E-state index in [9.17, 15) is 0 Å². The van der Waals surface area contributed by atoms with Gasteiger partial charge < -0.3 is 5.32 Å². The molecule has 0 amide bonds. The molecule has 0 aliphatic rings. The molecule has 1 unspecified atom stereocenters. The van der Waals surface area contributed by atoms with E-state index in [-0.39, 0.29) is 6.04 Å². The van der Waals surface area contributed by atoms with Crippen LogP contribution in [0.4, 0.5) is 0 Å². The van der Waals surface area contributed by atoms with Gasteiger partial charge in [0.25, 0.3) is 0 Å². The minimum Gasteiger partial charge on any atom is -0.310 e. The molecule has 0 aliphatic carbocycles. The van der Waals surface area contributed by atoms with Gasteiger partial charge in [-0.25, -0.2) is 4.98 Å². The van der Waals surface area contributed by atoms with Gasteiger partial charge in [-0.05, 0) is 40.5 Å². The van der Waals surface area contributed by atoms with Crippen LogP contribution in [0.2, 0.25) is 0 Å². The molecule has 1 atom stereocenters. The van der Waals surface area contributed by atoms with Crippen molar-refractivity contribution in [2.24, 2.45) is 0 Å². The van der Waals surface area contributed by atoms with Gasteiger partial charge in [-0.3, -0.25) is 4.98 Å². The molecule has 0 bridgehead atoms. The monoisotopic (exact) mass is 325 g/mol. The summed E-state index contributed by atoms with van der Waals surface area (Å²) >= 11 is 5.17. The van der Waals surface area contributed by atoms with Crippen molar-refractivity contribution >= 4 is 27.3 Å². The molecule has 2 aromatic heterocycles. The van der Waals surface area contributed by atoms with Crippen molar-refractivity contribution in [1.82, 2.24) is 15.3 Å². The van der Waals surface area contributed by atoms with Gasteiger partial charge >= 0.3 is 0 Å². The summed E-state index contributed by atoms with van der Waals surface area (Å²) in [6, 6.07) is 2.40. The highest BCUT2D eigenvalue weighted by molar-refractivity contribution is 9.10. The lowest BCUT2D eigenvalue weighted by Crippen LogP contribution is -2.24. The Morgan fingerprint density at radius 3 is 3.00 bits per heavy atom. The maximum Gasteiger partial charge on any atom is 0.0943 e. The quantitative estimate of drug-likeness (QED) is 0.882. The summed E-state index contributed by atoms with van der Waals surface area (Å²) in [7, 11) is 0. The van der Waals surface area contributed by atoms with Crippen LogP contribution in [0.5, 0.6) is 0 Å². The number of rotatable bonds is 6. The molecule has 96 valence electrons. The molecule has 5 heteroatoms. The minimum atomic E-state index is 0.279. The first-order valence-corrected chi connectivity index (χ1v) is 7.69. The van der Waals surface area contributed by atoms with Crippen LogP contribution in [0.25, 0.3) is 0 Å². The molecule has 0 aromatic carbocycles. The Balaban J connectivity index is 2.13. The molecule has 2 heterocycles. The smallest absolute Gasteiger partial charge is 0.0943 e. The number of aromatic nitrogens is 2. The topological polar surface area (TPSA) is 37.8 Å². The van der Waals surface area contributed by atoms with E-state index in [0.29, 0.717) is 0 Å². The highest BCUT2D eigenvalue weighted by Crippen LogP contribution is 2.21. The number of nitrogens with zero attached hydrogens (tertiary/aromatic N) is 2. The second-order valence-corrected chi connectivity index (χ2v) is 5.97. The Bertz CT molecular complexity index is 473. The lowest BCUT2D eigenvalue weighted by atomic mass is 10.1. The molecular weight excluding hydrogens is 310 g/mol. The third-order valence-electron chi connectivity index (χ3n) is 2.63. The fraction of sp³-hybridized carbons (Fsp3) is 0.385. The van der Waals surface area contributed by atoms with Crippen molar-refractivity contribution in [1.29, 1.82) is 0 Å². The van der Waals surface area contributed by atoms with Crippen LogP contribution < -0.4 is 5.32 Å². The Hall–Kier alpha value is -0.780. The van der Waals surface area contributed by atoms with Crippen molar-refractivity contribution in [3.05, 3.63) is 45.1 Å². The first-order valence-electron chi connectivity index (χ1n) is 6.01. The molecule has 0 radical (unpaired) electrons. The fourth-order valence-corrected chi connectivity index (χ4v) is 2.82. The highest BCUT2D eigenvalue weighted by Gasteiger charge is 2.13. The number of pyridine rings is 1. The number of halogens is 1. The summed E-state index contributed by atoms with van der Waals surface area (Å²) in [4.78, 5) is 8.60. The molecule has 2 aromatic rings. The molecule has 3 nitrogen and oxygen atoms in total. The van der Waals surface area contributed by atoms with Crippen LogP contribution in [-0.2, 0) is 6.42 Å². The average Bonchev–Trinajstić information content (AvgIpc) is 2.87. The summed E-state index contributed by atoms with van der Waals surface area (Å²) in [5.41, 5.74) is 1.20. The van der Waals surface area contributed by atoms with Crippen molar-refractivity contribution in [2.45, 2.75) is 25.8 Å². The number of hydrogen-bond donors (Lipinski definition) is 1. The van der Waals surface area contributed by atoms with E-state index >= 15 is 0 Å². The van der Waals surface area contributed by atoms with Gasteiger partial charge in [0.15, 0.2) is 0 Å². The molecule has 18 heavy (non-hydrogen) atoms. The zero-order chi connectivity index (χ0) is 12.8. The summed E-state index contributed by atoms with van der Waals surface area (Å²) in [5.74, 6) is 0. The Morgan fingerprint density at radius 1 is 1.44 bits per heavy atom. The Labute approximate surface area is 120 Å². The molecule has 0 aliphatic heterocycles. The average molecular weight is 326 g/mol. The van der Waals surface area contributed by atoms with Crippen LogP contribution >= 0.6 is 27.3 Å². The lowest BCUT2D eigenvalue weighted by Gasteiger charge is -2.17. The van der Waals surface area contributed by atoms with E-state index in [4.69, 9.17) is 0 Å². The lowest BCUT2D eigenvalue weighted by molar-refractivity contribution is 0.526. The minimum absolute atomic E-state index is 0.279. The van der Waals surface area contributed by atoms with E-state index in [0.717, 1.165) is 28.9 Å². The summed E-state index contributed by atoms with van der Waals surface area (Å²) in [5, 5.41) is 6.73. The van der Waals surface area contributed by atoms with Crippen LogP contribution in [0.15, 0.2) is 34.5 Å². The van der Waals surface area contributed by atoms with E-state index in [1.165, 1.54) is 5.56 Å². The standard InChI is InChI=1S/C13H16BrN3S/c1-2-3-16-12(7-13-17-4-5-18-13)10-6-11(14)9-15-8-10/h4-6,8-9,12,16H,2-3,7H2,1H3. The molecule has 0 spiro atoms. The van der Waals surface area contributed by atoms with Crippen LogP contribution in [0.3, 0.4) is 0 Å².